The van der Waals surface area contributed by atoms with Gasteiger partial charge < -0.3 is 15.7 Å². The molecule has 16 heavy (non-hydrogen) atoms. The highest BCUT2D eigenvalue weighted by molar-refractivity contribution is 5.43. The first-order valence-corrected chi connectivity index (χ1v) is 5.79. The maximum absolute atomic E-state index is 9.64. The molecule has 0 radical (unpaired) electrons. The van der Waals surface area contributed by atoms with E-state index in [1.165, 1.54) is 0 Å². The number of nitrogens with two attached hydrogens (primary N) is 1. The zero-order valence-corrected chi connectivity index (χ0v) is 9.69. The van der Waals surface area contributed by atoms with E-state index in [-0.39, 0.29) is 6.10 Å². The molecule has 1 aliphatic rings. The van der Waals surface area contributed by atoms with Crippen LogP contribution in [0.4, 0.5) is 5.82 Å². The van der Waals surface area contributed by atoms with Gasteiger partial charge in [0.25, 0.3) is 0 Å². The molecule has 0 bridgehead atoms. The SMILES string of the molecule is Cc1cc(CN)cc(N2CCCC(O)C2)n1. The van der Waals surface area contributed by atoms with Crippen LogP contribution in [0.15, 0.2) is 12.1 Å². The lowest BCUT2D eigenvalue weighted by Crippen LogP contribution is -2.38. The number of nitrogens with zero attached hydrogens (tertiary/aromatic N) is 2. The van der Waals surface area contributed by atoms with Crippen LogP contribution in [-0.4, -0.2) is 29.3 Å². The summed E-state index contributed by atoms with van der Waals surface area (Å²) in [6.07, 6.45) is 1.69. The second kappa shape index (κ2) is 4.80. The smallest absolute Gasteiger partial charge is 0.129 e. The van der Waals surface area contributed by atoms with Crippen molar-refractivity contribution < 1.29 is 5.11 Å². The Morgan fingerprint density at radius 1 is 1.56 bits per heavy atom. The summed E-state index contributed by atoms with van der Waals surface area (Å²) in [5.41, 5.74) is 7.73. The summed E-state index contributed by atoms with van der Waals surface area (Å²) in [5.74, 6) is 0.944. The van der Waals surface area contributed by atoms with E-state index in [9.17, 15) is 5.11 Å². The van der Waals surface area contributed by atoms with Gasteiger partial charge in [-0.15, -0.1) is 0 Å². The summed E-state index contributed by atoms with van der Waals surface area (Å²) in [6, 6.07) is 4.02. The average molecular weight is 221 g/mol. The highest BCUT2D eigenvalue weighted by Crippen LogP contribution is 2.19. The molecule has 0 amide bonds. The van der Waals surface area contributed by atoms with Crippen molar-refractivity contribution in [3.8, 4) is 0 Å². The molecule has 0 aliphatic carbocycles. The van der Waals surface area contributed by atoms with E-state index in [0.29, 0.717) is 13.1 Å². The number of aliphatic hydroxyl groups excluding tert-OH is 1. The fourth-order valence-corrected chi connectivity index (χ4v) is 2.16. The second-order valence-electron chi connectivity index (χ2n) is 4.42. The van der Waals surface area contributed by atoms with Gasteiger partial charge in [0.05, 0.1) is 6.10 Å². The van der Waals surface area contributed by atoms with Gasteiger partial charge in [-0.3, -0.25) is 0 Å². The fraction of sp³-hybridized carbons (Fsp3) is 0.583. The van der Waals surface area contributed by atoms with Gasteiger partial charge in [-0.05, 0) is 37.5 Å². The van der Waals surface area contributed by atoms with Gasteiger partial charge in [0.1, 0.15) is 5.82 Å². The van der Waals surface area contributed by atoms with Crippen molar-refractivity contribution in [1.29, 1.82) is 0 Å². The highest BCUT2D eigenvalue weighted by atomic mass is 16.3. The third kappa shape index (κ3) is 2.51. The molecule has 0 spiro atoms. The van der Waals surface area contributed by atoms with Crippen molar-refractivity contribution in [2.75, 3.05) is 18.0 Å². The molecular formula is C12H19N3O. The van der Waals surface area contributed by atoms with Crippen molar-refractivity contribution in [2.24, 2.45) is 5.73 Å². The van der Waals surface area contributed by atoms with Crippen LogP contribution in [0.3, 0.4) is 0 Å². The monoisotopic (exact) mass is 221 g/mol. The van der Waals surface area contributed by atoms with E-state index >= 15 is 0 Å². The Morgan fingerprint density at radius 2 is 2.38 bits per heavy atom. The summed E-state index contributed by atoms with van der Waals surface area (Å²) < 4.78 is 0. The lowest BCUT2D eigenvalue weighted by Gasteiger charge is -2.31. The van der Waals surface area contributed by atoms with Crippen LogP contribution in [-0.2, 0) is 6.54 Å². The lowest BCUT2D eigenvalue weighted by atomic mass is 10.1. The minimum absolute atomic E-state index is 0.225. The molecule has 1 unspecified atom stereocenters. The van der Waals surface area contributed by atoms with Crippen LogP contribution in [0.5, 0.6) is 0 Å². The molecule has 4 heteroatoms. The van der Waals surface area contributed by atoms with Gasteiger partial charge in [-0.2, -0.15) is 0 Å². The van der Waals surface area contributed by atoms with Gasteiger partial charge in [-0.1, -0.05) is 0 Å². The molecule has 1 atom stereocenters. The Hall–Kier alpha value is -1.13. The molecule has 1 aromatic rings. The molecule has 4 nitrogen and oxygen atoms in total. The van der Waals surface area contributed by atoms with Crippen molar-refractivity contribution in [1.82, 2.24) is 4.98 Å². The average Bonchev–Trinajstić information content (AvgIpc) is 2.28. The Bertz CT molecular complexity index is 367. The van der Waals surface area contributed by atoms with Crippen molar-refractivity contribution in [3.63, 3.8) is 0 Å². The van der Waals surface area contributed by atoms with Crippen molar-refractivity contribution in [2.45, 2.75) is 32.4 Å². The fourth-order valence-electron chi connectivity index (χ4n) is 2.16. The van der Waals surface area contributed by atoms with E-state index in [2.05, 4.69) is 9.88 Å². The Balaban J connectivity index is 2.21. The van der Waals surface area contributed by atoms with E-state index in [1.54, 1.807) is 0 Å². The van der Waals surface area contributed by atoms with Gasteiger partial charge in [0, 0.05) is 25.3 Å². The van der Waals surface area contributed by atoms with Gasteiger partial charge in [0.2, 0.25) is 0 Å². The quantitative estimate of drug-likeness (QED) is 0.776. The molecule has 0 saturated carbocycles. The summed E-state index contributed by atoms with van der Waals surface area (Å²) in [5, 5.41) is 9.64. The molecule has 0 aromatic carbocycles. The minimum Gasteiger partial charge on any atom is -0.391 e. The molecule has 1 fully saturated rings. The number of pyridine rings is 1. The Labute approximate surface area is 96.1 Å². The van der Waals surface area contributed by atoms with Crippen LogP contribution in [0, 0.1) is 6.92 Å². The van der Waals surface area contributed by atoms with Gasteiger partial charge in [-0.25, -0.2) is 4.98 Å². The van der Waals surface area contributed by atoms with Gasteiger partial charge >= 0.3 is 0 Å². The normalized spacial score (nSPS) is 21.2. The number of hydrogen-bond acceptors (Lipinski definition) is 4. The van der Waals surface area contributed by atoms with Crippen LogP contribution >= 0.6 is 0 Å². The van der Waals surface area contributed by atoms with E-state index in [0.717, 1.165) is 36.5 Å². The maximum Gasteiger partial charge on any atom is 0.129 e. The molecule has 2 heterocycles. The Morgan fingerprint density at radius 3 is 3.06 bits per heavy atom. The predicted octanol–water partition coefficient (Wildman–Crippen LogP) is 0.810. The number of rotatable bonds is 2. The summed E-state index contributed by atoms with van der Waals surface area (Å²) in [7, 11) is 0. The number of aromatic nitrogens is 1. The predicted molar refractivity (Wildman–Crippen MR) is 64.3 cm³/mol. The van der Waals surface area contributed by atoms with Crippen LogP contribution in [0.1, 0.15) is 24.1 Å². The molecule has 1 aromatic heterocycles. The summed E-state index contributed by atoms with van der Waals surface area (Å²) >= 11 is 0. The third-order valence-corrected chi connectivity index (χ3v) is 2.96. The molecule has 1 saturated heterocycles. The van der Waals surface area contributed by atoms with Crippen molar-refractivity contribution in [3.05, 3.63) is 23.4 Å². The lowest BCUT2D eigenvalue weighted by molar-refractivity contribution is 0.154. The standard InChI is InChI=1S/C12H19N3O/c1-9-5-10(7-13)6-12(14-9)15-4-2-3-11(16)8-15/h5-6,11,16H,2-4,7-8,13H2,1H3. The number of hydrogen-bond donors (Lipinski definition) is 2. The van der Waals surface area contributed by atoms with Crippen LogP contribution in [0.2, 0.25) is 0 Å². The molecular weight excluding hydrogens is 202 g/mol. The molecule has 1 aliphatic heterocycles. The first kappa shape index (κ1) is 11.4. The second-order valence-corrected chi connectivity index (χ2v) is 4.42. The van der Waals surface area contributed by atoms with Crippen LogP contribution < -0.4 is 10.6 Å². The number of anilines is 1. The summed E-state index contributed by atoms with van der Waals surface area (Å²) in [6.45, 7) is 4.16. The topological polar surface area (TPSA) is 62.4 Å². The largest absolute Gasteiger partial charge is 0.391 e. The minimum atomic E-state index is -0.225. The van der Waals surface area contributed by atoms with E-state index in [1.807, 2.05) is 19.1 Å². The molecule has 3 N–H and O–H groups in total. The van der Waals surface area contributed by atoms with Gasteiger partial charge in [0.15, 0.2) is 0 Å². The zero-order chi connectivity index (χ0) is 11.5. The first-order valence-electron chi connectivity index (χ1n) is 5.79. The highest BCUT2D eigenvalue weighted by Gasteiger charge is 2.19. The van der Waals surface area contributed by atoms with Crippen LogP contribution in [0.25, 0.3) is 0 Å². The third-order valence-electron chi connectivity index (χ3n) is 2.96. The molecule has 2 rings (SSSR count). The van der Waals surface area contributed by atoms with E-state index < -0.39 is 0 Å². The Kier molecular flexibility index (Phi) is 3.41. The van der Waals surface area contributed by atoms with E-state index in [4.69, 9.17) is 5.73 Å². The number of aliphatic hydroxyl groups is 1. The molecule has 88 valence electrons. The number of piperidine rings is 1. The number of aryl methyl sites for hydroxylation is 1. The zero-order valence-electron chi connectivity index (χ0n) is 9.69. The first-order chi connectivity index (χ1) is 7.69. The van der Waals surface area contributed by atoms with Crippen molar-refractivity contribution >= 4 is 5.82 Å². The summed E-state index contributed by atoms with van der Waals surface area (Å²) in [4.78, 5) is 6.64. The number of β-amino-alcohol motifs (C(OH)–C–C–N with tert-alkyl or cyclic N) is 1. The maximum atomic E-state index is 9.64.